The van der Waals surface area contributed by atoms with Crippen LogP contribution < -0.4 is 16.2 Å². The van der Waals surface area contributed by atoms with Gasteiger partial charge in [0.15, 0.2) is 12.3 Å². The number of fused-ring (bicyclic) bond motifs is 1. The molecule has 0 atom stereocenters. The normalized spacial score (nSPS) is 11.0. The Morgan fingerprint density at radius 3 is 2.44 bits per heavy atom. The van der Waals surface area contributed by atoms with Crippen LogP contribution in [-0.4, -0.2) is 40.3 Å². The summed E-state index contributed by atoms with van der Waals surface area (Å²) < 4.78 is 4.85. The molecule has 1 aromatic carbocycles. The Bertz CT molecular complexity index is 882. The van der Waals surface area contributed by atoms with Gasteiger partial charge >= 0.3 is 12.0 Å². The van der Waals surface area contributed by atoms with Crippen LogP contribution >= 0.6 is 0 Å². The number of ether oxygens (including phenoxy) is 1. The predicted molar refractivity (Wildman–Crippen MR) is 89.1 cm³/mol. The van der Waals surface area contributed by atoms with Gasteiger partial charge in [-0.3, -0.25) is 14.9 Å². The zero-order valence-electron chi connectivity index (χ0n) is 14.0. The van der Waals surface area contributed by atoms with Crippen LogP contribution in [0, 0.1) is 0 Å². The number of H-pyrrole nitrogens is 1. The van der Waals surface area contributed by atoms with E-state index in [-0.39, 0.29) is 11.1 Å². The predicted octanol–water partition coefficient (Wildman–Crippen LogP) is 0.704. The van der Waals surface area contributed by atoms with Crippen LogP contribution in [0.1, 0.15) is 31.3 Å². The number of urea groups is 1. The van der Waals surface area contributed by atoms with E-state index in [9.17, 15) is 19.2 Å². The van der Waals surface area contributed by atoms with E-state index >= 15 is 0 Å². The molecule has 0 radical (unpaired) electrons. The number of hydrogen-bond donors (Lipinski definition) is 3. The van der Waals surface area contributed by atoms with Crippen LogP contribution in [0.25, 0.3) is 10.8 Å². The van der Waals surface area contributed by atoms with Gasteiger partial charge in [-0.2, -0.15) is 5.10 Å². The molecule has 1 aromatic heterocycles. The summed E-state index contributed by atoms with van der Waals surface area (Å²) in [7, 11) is 0. The summed E-state index contributed by atoms with van der Waals surface area (Å²) in [5.74, 6) is -1.68. The average molecular weight is 346 g/mol. The van der Waals surface area contributed by atoms with E-state index in [2.05, 4.69) is 15.5 Å². The van der Waals surface area contributed by atoms with Crippen molar-refractivity contribution in [2.24, 2.45) is 0 Å². The largest absolute Gasteiger partial charge is 0.451 e. The van der Waals surface area contributed by atoms with Gasteiger partial charge in [0.25, 0.3) is 11.5 Å². The fourth-order valence-corrected chi connectivity index (χ4v) is 2.00. The maximum atomic E-state index is 12.1. The molecule has 9 nitrogen and oxygen atoms in total. The lowest BCUT2D eigenvalue weighted by molar-refractivity contribution is -0.123. The van der Waals surface area contributed by atoms with E-state index in [0.29, 0.717) is 5.39 Å². The number of carbonyl (C=O) groups is 3. The lowest BCUT2D eigenvalue weighted by Crippen LogP contribution is -2.49. The average Bonchev–Trinajstić information content (AvgIpc) is 2.51. The SMILES string of the molecule is CC(C)(C)NC(=O)NC(=O)COC(=O)c1n[nH]c(=O)c2ccccc12. The highest BCUT2D eigenvalue weighted by Crippen LogP contribution is 2.13. The van der Waals surface area contributed by atoms with E-state index in [0.717, 1.165) is 0 Å². The van der Waals surface area contributed by atoms with Crippen molar-refractivity contribution in [1.82, 2.24) is 20.8 Å². The first-order valence-electron chi connectivity index (χ1n) is 7.44. The second kappa shape index (κ2) is 7.12. The molecule has 0 unspecified atom stereocenters. The quantitative estimate of drug-likeness (QED) is 0.702. The molecule has 9 heteroatoms. The van der Waals surface area contributed by atoms with Gasteiger partial charge in [-0.15, -0.1) is 0 Å². The summed E-state index contributed by atoms with van der Waals surface area (Å²) in [5, 5.41) is 11.0. The Morgan fingerprint density at radius 1 is 1.16 bits per heavy atom. The molecule has 3 amide bonds. The topological polar surface area (TPSA) is 130 Å². The van der Waals surface area contributed by atoms with Crippen molar-refractivity contribution in [2.75, 3.05) is 6.61 Å². The molecule has 0 fully saturated rings. The number of rotatable bonds is 3. The maximum Gasteiger partial charge on any atom is 0.359 e. The van der Waals surface area contributed by atoms with Gasteiger partial charge in [-0.25, -0.2) is 14.7 Å². The van der Waals surface area contributed by atoms with Crippen molar-refractivity contribution in [2.45, 2.75) is 26.3 Å². The van der Waals surface area contributed by atoms with Crippen LogP contribution in [0.15, 0.2) is 29.1 Å². The number of benzene rings is 1. The number of nitrogens with one attached hydrogen (secondary N) is 3. The molecule has 0 aliphatic heterocycles. The van der Waals surface area contributed by atoms with Crippen LogP contribution in [-0.2, 0) is 9.53 Å². The number of aromatic nitrogens is 2. The summed E-state index contributed by atoms with van der Waals surface area (Å²) in [6.07, 6.45) is 0. The third kappa shape index (κ3) is 4.87. The van der Waals surface area contributed by atoms with Gasteiger partial charge in [0.05, 0.1) is 5.39 Å². The molecule has 3 N–H and O–H groups in total. The number of hydrogen-bond acceptors (Lipinski definition) is 6. The molecule has 0 spiro atoms. The summed E-state index contributed by atoms with van der Waals surface area (Å²) >= 11 is 0. The number of carbonyl (C=O) groups excluding carboxylic acids is 3. The lowest BCUT2D eigenvalue weighted by Gasteiger charge is -2.20. The summed E-state index contributed by atoms with van der Waals surface area (Å²) in [6.45, 7) is 4.60. The Morgan fingerprint density at radius 2 is 1.80 bits per heavy atom. The van der Waals surface area contributed by atoms with Crippen LogP contribution in [0.5, 0.6) is 0 Å². The first kappa shape index (κ1) is 18.1. The molecule has 25 heavy (non-hydrogen) atoms. The second-order valence-electron chi connectivity index (χ2n) is 6.28. The molecule has 1 heterocycles. The fraction of sp³-hybridized carbons (Fsp3) is 0.312. The third-order valence-corrected chi connectivity index (χ3v) is 2.97. The van der Waals surface area contributed by atoms with E-state index < -0.39 is 35.6 Å². The van der Waals surface area contributed by atoms with Crippen molar-refractivity contribution in [3.05, 3.63) is 40.3 Å². The van der Waals surface area contributed by atoms with Crippen molar-refractivity contribution < 1.29 is 19.1 Å². The molecule has 0 aliphatic carbocycles. The molecular weight excluding hydrogens is 328 g/mol. The van der Waals surface area contributed by atoms with Gasteiger partial charge in [-0.05, 0) is 26.8 Å². The van der Waals surface area contributed by atoms with Gasteiger partial charge in [0.1, 0.15) is 0 Å². The smallest absolute Gasteiger partial charge is 0.359 e. The minimum Gasteiger partial charge on any atom is -0.451 e. The number of aromatic amines is 1. The monoisotopic (exact) mass is 346 g/mol. The number of esters is 1. The van der Waals surface area contributed by atoms with E-state index in [1.165, 1.54) is 6.07 Å². The Hall–Kier alpha value is -3.23. The van der Waals surface area contributed by atoms with Gasteiger partial charge in [0, 0.05) is 10.9 Å². The van der Waals surface area contributed by atoms with Gasteiger partial charge in [-0.1, -0.05) is 18.2 Å². The van der Waals surface area contributed by atoms with Crippen molar-refractivity contribution in [3.63, 3.8) is 0 Å². The summed E-state index contributed by atoms with van der Waals surface area (Å²) in [6, 6.07) is 5.68. The second-order valence-corrected chi connectivity index (χ2v) is 6.28. The summed E-state index contributed by atoms with van der Waals surface area (Å²) in [4.78, 5) is 47.0. The molecule has 0 saturated heterocycles. The maximum absolute atomic E-state index is 12.1. The van der Waals surface area contributed by atoms with E-state index in [1.54, 1.807) is 39.0 Å². The summed E-state index contributed by atoms with van der Waals surface area (Å²) in [5.41, 5.74) is -1.08. The third-order valence-electron chi connectivity index (χ3n) is 2.97. The number of imide groups is 1. The highest BCUT2D eigenvalue weighted by molar-refractivity contribution is 6.03. The number of amides is 3. The molecule has 2 rings (SSSR count). The van der Waals surface area contributed by atoms with Crippen molar-refractivity contribution in [3.8, 4) is 0 Å². The molecular formula is C16H18N4O5. The Labute approximate surface area is 142 Å². The zero-order valence-corrected chi connectivity index (χ0v) is 14.0. The van der Waals surface area contributed by atoms with E-state index in [4.69, 9.17) is 4.74 Å². The highest BCUT2D eigenvalue weighted by Gasteiger charge is 2.19. The highest BCUT2D eigenvalue weighted by atomic mass is 16.5. The molecule has 0 saturated carbocycles. The first-order valence-corrected chi connectivity index (χ1v) is 7.44. The molecule has 0 aliphatic rings. The van der Waals surface area contributed by atoms with Gasteiger partial charge in [0.2, 0.25) is 0 Å². The lowest BCUT2D eigenvalue weighted by atomic mass is 10.1. The van der Waals surface area contributed by atoms with Crippen molar-refractivity contribution >= 4 is 28.7 Å². The molecule has 132 valence electrons. The Kier molecular flexibility index (Phi) is 5.16. The molecule has 0 bridgehead atoms. The minimum absolute atomic E-state index is 0.123. The standard InChI is InChI=1S/C16H18N4O5/c1-16(2,3)18-15(24)17-11(21)8-25-14(23)12-9-6-4-5-7-10(9)13(22)20-19-12/h4-7H,8H2,1-3H3,(H,20,22)(H2,17,18,21,24). The van der Waals surface area contributed by atoms with Crippen LogP contribution in [0.2, 0.25) is 0 Å². The minimum atomic E-state index is -0.890. The van der Waals surface area contributed by atoms with Crippen molar-refractivity contribution in [1.29, 1.82) is 0 Å². The Balaban J connectivity index is 2.02. The van der Waals surface area contributed by atoms with Crippen LogP contribution in [0.3, 0.4) is 0 Å². The first-order chi connectivity index (χ1) is 11.7. The van der Waals surface area contributed by atoms with Gasteiger partial charge < -0.3 is 10.1 Å². The fourth-order valence-electron chi connectivity index (χ4n) is 2.00. The number of nitrogens with zero attached hydrogens (tertiary/aromatic N) is 1. The van der Waals surface area contributed by atoms with Crippen LogP contribution in [0.4, 0.5) is 4.79 Å². The zero-order chi connectivity index (χ0) is 18.6. The molecule has 2 aromatic rings. The van der Waals surface area contributed by atoms with E-state index in [1.807, 2.05) is 5.32 Å².